The zero-order valence-electron chi connectivity index (χ0n) is 7.29. The largest absolute Gasteiger partial charge is 0.469 e. The van der Waals surface area contributed by atoms with Gasteiger partial charge in [0.05, 0.1) is 7.11 Å². The van der Waals surface area contributed by atoms with E-state index in [0.29, 0.717) is 12.8 Å². The number of carbonyl (C=O) groups excluding carboxylic acids is 1. The normalized spacial score (nSPS) is 9.69. The second-order valence-electron chi connectivity index (χ2n) is 2.54. The van der Waals surface area contributed by atoms with E-state index in [1.807, 2.05) is 6.07 Å². The van der Waals surface area contributed by atoms with E-state index < -0.39 is 0 Å². The molecule has 0 radical (unpaired) electrons. The van der Waals surface area contributed by atoms with Crippen LogP contribution in [0, 0.1) is 0 Å². The van der Waals surface area contributed by atoms with Crippen molar-refractivity contribution in [2.24, 2.45) is 0 Å². The molecule has 0 amide bonds. The van der Waals surface area contributed by atoms with Crippen molar-refractivity contribution in [3.05, 3.63) is 28.5 Å². The smallest absolute Gasteiger partial charge is 0.305 e. The maximum absolute atomic E-state index is 10.8. The number of aromatic nitrogens is 1. The Balaban J connectivity index is 2.54. The molecule has 13 heavy (non-hydrogen) atoms. The third-order valence-corrected chi connectivity index (χ3v) is 2.40. The van der Waals surface area contributed by atoms with Gasteiger partial charge in [-0.15, -0.1) is 0 Å². The van der Waals surface area contributed by atoms with Gasteiger partial charge >= 0.3 is 5.97 Å². The van der Waals surface area contributed by atoms with Crippen LogP contribution in [0.15, 0.2) is 22.9 Å². The van der Waals surface area contributed by atoms with E-state index >= 15 is 0 Å². The summed E-state index contributed by atoms with van der Waals surface area (Å²) in [6.45, 7) is 0. The minimum Gasteiger partial charge on any atom is -0.469 e. The van der Waals surface area contributed by atoms with E-state index in [0.717, 1.165) is 10.0 Å². The van der Waals surface area contributed by atoms with Gasteiger partial charge in [0.25, 0.3) is 0 Å². The van der Waals surface area contributed by atoms with Gasteiger partial charge in [0.15, 0.2) is 0 Å². The molecule has 4 heteroatoms. The molecule has 0 atom stereocenters. The first-order chi connectivity index (χ1) is 6.24. The Hall–Kier alpha value is -0.900. The first-order valence-electron chi connectivity index (χ1n) is 3.89. The summed E-state index contributed by atoms with van der Waals surface area (Å²) in [6, 6.07) is 1.88. The maximum atomic E-state index is 10.8. The zero-order valence-corrected chi connectivity index (χ0v) is 8.87. The van der Waals surface area contributed by atoms with Gasteiger partial charge in [-0.05, 0) is 34.0 Å². The van der Waals surface area contributed by atoms with Crippen LogP contribution in [-0.4, -0.2) is 18.1 Å². The fourth-order valence-corrected chi connectivity index (χ4v) is 1.39. The molecule has 0 bridgehead atoms. The molecule has 0 aromatic carbocycles. The van der Waals surface area contributed by atoms with Crippen molar-refractivity contribution in [1.82, 2.24) is 4.98 Å². The van der Waals surface area contributed by atoms with E-state index in [4.69, 9.17) is 0 Å². The molecule has 1 rings (SSSR count). The number of carbonyl (C=O) groups is 1. The molecule has 1 aromatic heterocycles. The number of esters is 1. The summed E-state index contributed by atoms with van der Waals surface area (Å²) in [6.07, 6.45) is 4.50. The molecular weight excluding hydrogens is 234 g/mol. The fourth-order valence-electron chi connectivity index (χ4n) is 0.946. The van der Waals surface area contributed by atoms with Gasteiger partial charge in [-0.3, -0.25) is 9.78 Å². The van der Waals surface area contributed by atoms with Crippen molar-refractivity contribution in [2.45, 2.75) is 12.8 Å². The van der Waals surface area contributed by atoms with Crippen molar-refractivity contribution in [3.63, 3.8) is 0 Å². The molecule has 0 saturated heterocycles. The van der Waals surface area contributed by atoms with Crippen molar-refractivity contribution in [2.75, 3.05) is 7.11 Å². The van der Waals surface area contributed by atoms with E-state index in [1.165, 1.54) is 7.11 Å². The molecule has 1 heterocycles. The molecule has 0 fully saturated rings. The minimum absolute atomic E-state index is 0.191. The van der Waals surface area contributed by atoms with Crippen molar-refractivity contribution < 1.29 is 9.53 Å². The van der Waals surface area contributed by atoms with E-state index in [9.17, 15) is 4.79 Å². The Kier molecular flexibility index (Phi) is 3.89. The Morgan fingerprint density at radius 3 is 3.08 bits per heavy atom. The second-order valence-corrected chi connectivity index (χ2v) is 3.40. The zero-order chi connectivity index (χ0) is 9.68. The number of hydrogen-bond acceptors (Lipinski definition) is 3. The molecule has 0 saturated carbocycles. The van der Waals surface area contributed by atoms with Gasteiger partial charge in [0.1, 0.15) is 0 Å². The Labute approximate surface area is 85.3 Å². The van der Waals surface area contributed by atoms with Gasteiger partial charge in [-0.25, -0.2) is 0 Å². The monoisotopic (exact) mass is 243 g/mol. The quantitative estimate of drug-likeness (QED) is 0.763. The van der Waals surface area contributed by atoms with Gasteiger partial charge < -0.3 is 4.74 Å². The van der Waals surface area contributed by atoms with Gasteiger partial charge in [-0.2, -0.15) is 0 Å². The third kappa shape index (κ3) is 3.14. The van der Waals surface area contributed by atoms with Crippen LogP contribution in [0.3, 0.4) is 0 Å². The van der Waals surface area contributed by atoms with Gasteiger partial charge in [-0.1, -0.05) is 0 Å². The molecule has 0 spiro atoms. The van der Waals surface area contributed by atoms with Crippen LogP contribution >= 0.6 is 15.9 Å². The van der Waals surface area contributed by atoms with Crippen LogP contribution in [0.1, 0.15) is 12.0 Å². The highest BCUT2D eigenvalue weighted by molar-refractivity contribution is 9.10. The SMILES string of the molecule is COC(=O)CCc1ccncc1Br. The Bertz CT molecular complexity index is 301. The number of rotatable bonds is 3. The first-order valence-corrected chi connectivity index (χ1v) is 4.68. The first kappa shape index (κ1) is 10.2. The van der Waals surface area contributed by atoms with Crippen molar-refractivity contribution in [1.29, 1.82) is 0 Å². The Morgan fingerprint density at radius 1 is 1.69 bits per heavy atom. The van der Waals surface area contributed by atoms with E-state index in [1.54, 1.807) is 12.4 Å². The van der Waals surface area contributed by atoms with Crippen LogP contribution in [0.2, 0.25) is 0 Å². The fraction of sp³-hybridized carbons (Fsp3) is 0.333. The average Bonchev–Trinajstić information content (AvgIpc) is 2.16. The lowest BCUT2D eigenvalue weighted by Gasteiger charge is -2.01. The Morgan fingerprint density at radius 2 is 2.46 bits per heavy atom. The molecular formula is C9H10BrNO2. The molecule has 1 aromatic rings. The summed E-state index contributed by atoms with van der Waals surface area (Å²) in [7, 11) is 1.39. The summed E-state index contributed by atoms with van der Waals surface area (Å²) in [4.78, 5) is 14.8. The number of nitrogens with zero attached hydrogens (tertiary/aromatic N) is 1. The minimum atomic E-state index is -0.191. The van der Waals surface area contributed by atoms with Crippen LogP contribution in [-0.2, 0) is 16.0 Å². The van der Waals surface area contributed by atoms with E-state index in [2.05, 4.69) is 25.7 Å². The standard InChI is InChI=1S/C9H10BrNO2/c1-13-9(12)3-2-7-4-5-11-6-8(7)10/h4-6H,2-3H2,1H3. The second kappa shape index (κ2) is 4.97. The van der Waals surface area contributed by atoms with Gasteiger partial charge in [0, 0.05) is 23.3 Å². The predicted molar refractivity (Wildman–Crippen MR) is 52.3 cm³/mol. The third-order valence-electron chi connectivity index (χ3n) is 1.68. The molecule has 3 nitrogen and oxygen atoms in total. The lowest BCUT2D eigenvalue weighted by Crippen LogP contribution is -2.02. The summed E-state index contributed by atoms with van der Waals surface area (Å²) in [5.41, 5.74) is 1.07. The highest BCUT2D eigenvalue weighted by Crippen LogP contribution is 2.15. The molecule has 0 unspecified atom stereocenters. The number of halogens is 1. The van der Waals surface area contributed by atoms with Crippen LogP contribution in [0.4, 0.5) is 0 Å². The molecule has 0 aliphatic carbocycles. The molecule has 0 aliphatic heterocycles. The number of hydrogen-bond donors (Lipinski definition) is 0. The maximum Gasteiger partial charge on any atom is 0.305 e. The van der Waals surface area contributed by atoms with Crippen molar-refractivity contribution in [3.8, 4) is 0 Å². The summed E-state index contributed by atoms with van der Waals surface area (Å²) in [5.74, 6) is -0.191. The van der Waals surface area contributed by atoms with E-state index in [-0.39, 0.29) is 5.97 Å². The van der Waals surface area contributed by atoms with Gasteiger partial charge in [0.2, 0.25) is 0 Å². The lowest BCUT2D eigenvalue weighted by molar-refractivity contribution is -0.140. The summed E-state index contributed by atoms with van der Waals surface area (Å²) >= 11 is 3.35. The average molecular weight is 244 g/mol. The number of ether oxygens (including phenoxy) is 1. The van der Waals surface area contributed by atoms with Crippen LogP contribution < -0.4 is 0 Å². The number of pyridine rings is 1. The predicted octanol–water partition coefficient (Wildman–Crippen LogP) is 1.95. The highest BCUT2D eigenvalue weighted by Gasteiger charge is 2.03. The number of aryl methyl sites for hydroxylation is 1. The number of methoxy groups -OCH3 is 1. The molecule has 0 aliphatic rings. The van der Waals surface area contributed by atoms with Crippen LogP contribution in [0.25, 0.3) is 0 Å². The van der Waals surface area contributed by atoms with Crippen LogP contribution in [0.5, 0.6) is 0 Å². The highest BCUT2D eigenvalue weighted by atomic mass is 79.9. The van der Waals surface area contributed by atoms with Crippen molar-refractivity contribution >= 4 is 21.9 Å². The summed E-state index contributed by atoms with van der Waals surface area (Å²) < 4.78 is 5.47. The molecule has 70 valence electrons. The summed E-state index contributed by atoms with van der Waals surface area (Å²) in [5, 5.41) is 0. The topological polar surface area (TPSA) is 39.2 Å². The lowest BCUT2D eigenvalue weighted by atomic mass is 10.1. The molecule has 0 N–H and O–H groups in total.